The van der Waals surface area contributed by atoms with E-state index in [0.717, 1.165) is 0 Å². The van der Waals surface area contributed by atoms with E-state index in [1.54, 1.807) is 18.2 Å². The van der Waals surface area contributed by atoms with Gasteiger partial charge in [0.2, 0.25) is 0 Å². The zero-order valence-electron chi connectivity index (χ0n) is 8.66. The summed E-state index contributed by atoms with van der Waals surface area (Å²) in [5, 5.41) is 2.92. The summed E-state index contributed by atoms with van der Waals surface area (Å²) in [7, 11) is 0. The fourth-order valence-corrected chi connectivity index (χ4v) is 1.06. The van der Waals surface area contributed by atoms with Gasteiger partial charge < -0.3 is 10.1 Å². The van der Waals surface area contributed by atoms with Gasteiger partial charge in [0.25, 0.3) is 5.91 Å². The first-order chi connectivity index (χ1) is 7.08. The minimum absolute atomic E-state index is 0.0197. The van der Waals surface area contributed by atoms with Gasteiger partial charge in [-0.25, -0.2) is 4.98 Å². The smallest absolute Gasteiger partial charge is 0.251 e. The van der Waals surface area contributed by atoms with Crippen molar-refractivity contribution in [1.29, 1.82) is 0 Å². The van der Waals surface area contributed by atoms with E-state index in [9.17, 15) is 4.79 Å². The molecule has 1 aromatic rings. The number of pyridine rings is 1. The van der Waals surface area contributed by atoms with Gasteiger partial charge in [0, 0.05) is 0 Å². The van der Waals surface area contributed by atoms with Crippen LogP contribution in [0, 0.1) is 0 Å². The van der Waals surface area contributed by atoms with Crippen molar-refractivity contribution in [2.45, 2.75) is 20.0 Å². The Kier molecular flexibility index (Phi) is 4.52. The molecule has 0 aliphatic rings. The quantitative estimate of drug-likeness (QED) is 0.803. The van der Waals surface area contributed by atoms with Crippen LogP contribution in [0.15, 0.2) is 18.2 Å². The van der Waals surface area contributed by atoms with Crippen molar-refractivity contribution in [3.63, 3.8) is 0 Å². The molecule has 1 heterocycles. The Morgan fingerprint density at radius 1 is 1.60 bits per heavy atom. The first-order valence-corrected chi connectivity index (χ1v) is 4.99. The molecule has 0 radical (unpaired) electrons. The zero-order chi connectivity index (χ0) is 11.3. The summed E-state index contributed by atoms with van der Waals surface area (Å²) in [4.78, 5) is 15.2. The second-order valence-electron chi connectivity index (χ2n) is 3.25. The highest BCUT2D eigenvalue weighted by Crippen LogP contribution is 2.08. The lowest BCUT2D eigenvalue weighted by Gasteiger charge is -2.07. The molecular formula is C10H13ClN2O2. The number of hydrogen-bond acceptors (Lipinski definition) is 3. The van der Waals surface area contributed by atoms with Crippen molar-refractivity contribution in [2.75, 3.05) is 11.9 Å². The molecule has 0 aliphatic carbocycles. The van der Waals surface area contributed by atoms with Crippen molar-refractivity contribution in [2.24, 2.45) is 0 Å². The van der Waals surface area contributed by atoms with Gasteiger partial charge in [-0.3, -0.25) is 4.79 Å². The Morgan fingerprint density at radius 2 is 2.33 bits per heavy atom. The van der Waals surface area contributed by atoms with Crippen LogP contribution >= 0.6 is 11.6 Å². The number of carbonyl (C=O) groups is 1. The second-order valence-corrected chi connectivity index (χ2v) is 3.64. The number of nitrogens with zero attached hydrogens (tertiary/aromatic N) is 1. The topological polar surface area (TPSA) is 51.2 Å². The van der Waals surface area contributed by atoms with E-state index in [4.69, 9.17) is 16.3 Å². The molecule has 82 valence electrons. The molecule has 0 saturated heterocycles. The van der Waals surface area contributed by atoms with Gasteiger partial charge in [-0.2, -0.15) is 0 Å². The molecule has 4 nitrogen and oxygen atoms in total. The predicted octanol–water partition coefficient (Wildman–Crippen LogP) is 2.10. The van der Waals surface area contributed by atoms with Crippen LogP contribution in [0.5, 0.6) is 0 Å². The summed E-state index contributed by atoms with van der Waals surface area (Å²) in [6.45, 7) is 3.75. The van der Waals surface area contributed by atoms with E-state index in [-0.39, 0.29) is 18.6 Å². The maximum absolute atomic E-state index is 11.3. The monoisotopic (exact) mass is 228 g/mol. The number of anilines is 1. The lowest BCUT2D eigenvalue weighted by molar-refractivity contribution is -0.121. The molecule has 0 spiro atoms. The molecule has 0 aromatic carbocycles. The number of aromatic nitrogens is 1. The van der Waals surface area contributed by atoms with Crippen LogP contribution < -0.4 is 5.32 Å². The third kappa shape index (κ3) is 4.76. The number of rotatable bonds is 4. The van der Waals surface area contributed by atoms with Crippen molar-refractivity contribution < 1.29 is 9.53 Å². The summed E-state index contributed by atoms with van der Waals surface area (Å²) in [5.41, 5.74) is 0. The maximum Gasteiger partial charge on any atom is 0.251 e. The van der Waals surface area contributed by atoms with Gasteiger partial charge >= 0.3 is 0 Å². The van der Waals surface area contributed by atoms with E-state index >= 15 is 0 Å². The maximum atomic E-state index is 11.3. The minimum atomic E-state index is -0.238. The zero-order valence-corrected chi connectivity index (χ0v) is 9.41. The lowest BCUT2D eigenvalue weighted by atomic mass is 10.4. The van der Waals surface area contributed by atoms with Crippen LogP contribution in [0.2, 0.25) is 5.15 Å². The molecule has 15 heavy (non-hydrogen) atoms. The molecule has 0 saturated carbocycles. The molecular weight excluding hydrogens is 216 g/mol. The number of carbonyl (C=O) groups excluding carboxylic acids is 1. The highest BCUT2D eigenvalue weighted by atomic mass is 35.5. The molecule has 1 N–H and O–H groups in total. The van der Waals surface area contributed by atoms with Gasteiger partial charge in [0.15, 0.2) is 0 Å². The Morgan fingerprint density at radius 3 is 2.93 bits per heavy atom. The van der Waals surface area contributed by atoms with Gasteiger partial charge in [-0.15, -0.1) is 0 Å². The van der Waals surface area contributed by atoms with Crippen LogP contribution in [-0.2, 0) is 9.53 Å². The fraction of sp³-hybridized carbons (Fsp3) is 0.400. The average Bonchev–Trinajstić information content (AvgIpc) is 2.15. The van der Waals surface area contributed by atoms with E-state index in [1.807, 2.05) is 13.8 Å². The Bertz CT molecular complexity index is 342. The summed E-state index contributed by atoms with van der Waals surface area (Å²) < 4.78 is 5.13. The number of ether oxygens (including phenoxy) is 1. The highest BCUT2D eigenvalue weighted by Gasteiger charge is 2.04. The molecule has 1 aromatic heterocycles. The van der Waals surface area contributed by atoms with Crippen LogP contribution in [0.25, 0.3) is 0 Å². The van der Waals surface area contributed by atoms with E-state index < -0.39 is 0 Å². The first kappa shape index (κ1) is 11.9. The van der Waals surface area contributed by atoms with E-state index in [2.05, 4.69) is 10.3 Å². The van der Waals surface area contributed by atoms with Crippen LogP contribution in [0.4, 0.5) is 5.82 Å². The molecule has 0 unspecified atom stereocenters. The number of hydrogen-bond donors (Lipinski definition) is 1. The molecule has 1 amide bonds. The lowest BCUT2D eigenvalue weighted by Crippen LogP contribution is -2.21. The number of amides is 1. The van der Waals surface area contributed by atoms with Crippen LogP contribution in [0.3, 0.4) is 0 Å². The Balaban J connectivity index is 2.44. The predicted molar refractivity (Wildman–Crippen MR) is 59.0 cm³/mol. The van der Waals surface area contributed by atoms with Crippen molar-refractivity contribution in [3.05, 3.63) is 23.4 Å². The van der Waals surface area contributed by atoms with Crippen molar-refractivity contribution in [1.82, 2.24) is 4.98 Å². The Hall–Kier alpha value is -1.13. The standard InChI is InChI=1S/C10H13ClN2O2/c1-7(2)15-6-10(14)13-9-5-3-4-8(11)12-9/h3-5,7H,6H2,1-2H3,(H,12,13,14). The molecule has 5 heteroatoms. The Labute approximate surface area is 93.6 Å². The molecule has 0 fully saturated rings. The van der Waals surface area contributed by atoms with Crippen LogP contribution in [-0.4, -0.2) is 23.6 Å². The van der Waals surface area contributed by atoms with Gasteiger partial charge in [-0.1, -0.05) is 17.7 Å². The summed E-state index contributed by atoms with van der Waals surface area (Å²) >= 11 is 5.66. The molecule has 0 bridgehead atoms. The normalized spacial score (nSPS) is 10.4. The highest BCUT2D eigenvalue weighted by molar-refractivity contribution is 6.29. The largest absolute Gasteiger partial charge is 0.369 e. The third-order valence-corrected chi connectivity index (χ3v) is 1.74. The summed E-state index contributed by atoms with van der Waals surface area (Å²) in [5.74, 6) is 0.193. The van der Waals surface area contributed by atoms with Gasteiger partial charge in [0.1, 0.15) is 17.6 Å². The minimum Gasteiger partial charge on any atom is -0.369 e. The molecule has 1 rings (SSSR count). The van der Waals surface area contributed by atoms with Crippen molar-refractivity contribution >= 4 is 23.3 Å². The SMILES string of the molecule is CC(C)OCC(=O)Nc1cccc(Cl)n1. The van der Waals surface area contributed by atoms with Gasteiger partial charge in [-0.05, 0) is 26.0 Å². The van der Waals surface area contributed by atoms with Crippen LogP contribution in [0.1, 0.15) is 13.8 Å². The van der Waals surface area contributed by atoms with E-state index in [1.165, 1.54) is 0 Å². The second kappa shape index (κ2) is 5.68. The first-order valence-electron chi connectivity index (χ1n) is 4.62. The molecule has 0 atom stereocenters. The average molecular weight is 229 g/mol. The number of halogens is 1. The fourth-order valence-electron chi connectivity index (χ4n) is 0.899. The summed E-state index contributed by atoms with van der Waals surface area (Å²) in [6.07, 6.45) is 0.0306. The summed E-state index contributed by atoms with van der Waals surface area (Å²) in [6, 6.07) is 5.02. The molecule has 0 aliphatic heterocycles. The number of nitrogens with one attached hydrogen (secondary N) is 1. The van der Waals surface area contributed by atoms with Crippen molar-refractivity contribution in [3.8, 4) is 0 Å². The van der Waals surface area contributed by atoms with Gasteiger partial charge in [0.05, 0.1) is 6.10 Å². The van der Waals surface area contributed by atoms with E-state index in [0.29, 0.717) is 11.0 Å². The third-order valence-electron chi connectivity index (χ3n) is 1.53.